The Kier molecular flexibility index (Phi) is 8.64. The third-order valence-electron chi connectivity index (χ3n) is 6.32. The molecule has 0 bridgehead atoms. The number of carbonyl (C=O) groups excluding carboxylic acids is 2. The first-order chi connectivity index (χ1) is 14.6. The molecule has 0 unspecified atom stereocenters. The summed E-state index contributed by atoms with van der Waals surface area (Å²) in [6.45, 7) is 12.2. The molecule has 0 atom stereocenters. The van der Waals surface area contributed by atoms with Crippen molar-refractivity contribution in [2.75, 3.05) is 42.4 Å². The number of para-hydroxylation sites is 1. The Bertz CT molecular complexity index is 909. The Balaban J connectivity index is 2.14. The van der Waals surface area contributed by atoms with Gasteiger partial charge in [0, 0.05) is 0 Å². The van der Waals surface area contributed by atoms with Crippen LogP contribution in [0.3, 0.4) is 0 Å². The maximum atomic E-state index is 13.0. The van der Waals surface area contributed by atoms with Crippen LogP contribution in [0.4, 0.5) is 11.4 Å². The van der Waals surface area contributed by atoms with E-state index in [2.05, 4.69) is 24.5 Å². The van der Waals surface area contributed by atoms with Crippen molar-refractivity contribution in [2.45, 2.75) is 41.5 Å². The molecule has 0 aromatic heterocycles. The Morgan fingerprint density at radius 3 is 1.61 bits per heavy atom. The number of amides is 2. The molecule has 0 aliphatic rings. The topological polar surface area (TPSA) is 67.4 Å². The molecule has 2 N–H and O–H groups in total. The van der Waals surface area contributed by atoms with Crippen LogP contribution in [0.2, 0.25) is 0 Å². The minimum atomic E-state index is -2.11. The fourth-order valence-electron chi connectivity index (χ4n) is 4.11. The van der Waals surface area contributed by atoms with E-state index in [-0.39, 0.29) is 11.8 Å². The van der Waals surface area contributed by atoms with Gasteiger partial charge in [0.1, 0.15) is 0 Å². The summed E-state index contributed by atoms with van der Waals surface area (Å²) in [4.78, 5) is 26.0. The predicted molar refractivity (Wildman–Crippen MR) is 135 cm³/mol. The number of carbonyl (C=O) groups is 2. The predicted octanol–water partition coefficient (Wildman–Crippen LogP) is 5.30. The SMILES string of the molecule is CC[PH](CC)(CC(=O)Nc1c(C)cccc1C)CC(=O)Nc1c(C)cc(OC)cc1C. The van der Waals surface area contributed by atoms with Gasteiger partial charge < -0.3 is 0 Å². The summed E-state index contributed by atoms with van der Waals surface area (Å²) >= 11 is 0. The number of hydrogen-bond acceptors (Lipinski definition) is 3. The van der Waals surface area contributed by atoms with Gasteiger partial charge in [-0.05, 0) is 0 Å². The third kappa shape index (κ3) is 6.30. The second-order valence-corrected chi connectivity index (χ2v) is 13.7. The van der Waals surface area contributed by atoms with Crippen LogP contribution >= 0.6 is 7.26 Å². The van der Waals surface area contributed by atoms with Crippen LogP contribution in [0, 0.1) is 27.7 Å². The van der Waals surface area contributed by atoms with Gasteiger partial charge in [-0.2, -0.15) is 0 Å². The van der Waals surface area contributed by atoms with E-state index in [0.29, 0.717) is 12.3 Å². The van der Waals surface area contributed by atoms with Crippen LogP contribution in [0.1, 0.15) is 36.1 Å². The van der Waals surface area contributed by atoms with Crippen molar-refractivity contribution in [3.05, 3.63) is 52.6 Å². The van der Waals surface area contributed by atoms with Gasteiger partial charge in [0.05, 0.1) is 0 Å². The second-order valence-electron chi connectivity index (χ2n) is 8.56. The molecule has 0 fully saturated rings. The molecule has 0 heterocycles. The molecular formula is C25H37N2O3P. The summed E-state index contributed by atoms with van der Waals surface area (Å²) in [6.07, 6.45) is 2.65. The summed E-state index contributed by atoms with van der Waals surface area (Å²) in [5, 5.41) is 6.21. The molecule has 0 saturated carbocycles. The second kappa shape index (κ2) is 10.8. The molecule has 6 heteroatoms. The zero-order chi connectivity index (χ0) is 23.2. The monoisotopic (exact) mass is 444 g/mol. The molecule has 2 amide bonds. The Labute approximate surface area is 187 Å². The fraction of sp³-hybridized carbons (Fsp3) is 0.440. The van der Waals surface area contributed by atoms with Gasteiger partial charge in [0.25, 0.3) is 0 Å². The average molecular weight is 445 g/mol. The molecule has 0 radical (unpaired) electrons. The van der Waals surface area contributed by atoms with Gasteiger partial charge >= 0.3 is 187 Å². The summed E-state index contributed by atoms with van der Waals surface area (Å²) in [6, 6.07) is 9.83. The third-order valence-corrected chi connectivity index (χ3v) is 11.5. The molecule has 0 aliphatic heterocycles. The molecule has 0 saturated heterocycles. The van der Waals surface area contributed by atoms with Crippen molar-refractivity contribution in [3.8, 4) is 5.75 Å². The number of ether oxygens (including phenoxy) is 1. The van der Waals surface area contributed by atoms with Crippen molar-refractivity contribution >= 4 is 30.5 Å². The van der Waals surface area contributed by atoms with E-state index in [4.69, 9.17) is 4.74 Å². The zero-order valence-corrected chi connectivity index (χ0v) is 20.9. The minimum absolute atomic E-state index is 0.00777. The standard InChI is InChI=1S/C25H37N2O3P/c1-8-31(9-2,15-22(28)26-24-17(3)11-10-12-18(24)4)16-23(29)27-25-19(5)13-21(30-7)14-20(25)6/h10-14,31H,8-9,15-16H2,1-7H3,(H,26,28)(H,27,29). The van der Waals surface area contributed by atoms with Gasteiger partial charge in [-0.25, -0.2) is 0 Å². The van der Waals surface area contributed by atoms with Crippen molar-refractivity contribution in [2.24, 2.45) is 0 Å². The van der Waals surface area contributed by atoms with E-state index < -0.39 is 7.26 Å². The molecule has 5 nitrogen and oxygen atoms in total. The van der Waals surface area contributed by atoms with E-state index in [1.807, 2.05) is 58.0 Å². The molecule has 2 aromatic rings. The van der Waals surface area contributed by atoms with E-state index in [1.54, 1.807) is 7.11 Å². The van der Waals surface area contributed by atoms with Gasteiger partial charge in [-0.1, -0.05) is 0 Å². The summed E-state index contributed by atoms with van der Waals surface area (Å²) in [5.74, 6) is 0.783. The molecule has 170 valence electrons. The van der Waals surface area contributed by atoms with E-state index in [0.717, 1.165) is 51.7 Å². The fourth-order valence-corrected chi connectivity index (χ4v) is 7.28. The number of anilines is 2. The maximum absolute atomic E-state index is 13.0. The average Bonchev–Trinajstić information content (AvgIpc) is 2.72. The molecule has 0 aliphatic carbocycles. The zero-order valence-electron chi connectivity index (χ0n) is 19.9. The number of rotatable bonds is 9. The molecule has 2 aromatic carbocycles. The van der Waals surface area contributed by atoms with Crippen LogP contribution in [0.15, 0.2) is 30.3 Å². The quantitative estimate of drug-likeness (QED) is 0.516. The first-order valence-electron chi connectivity index (χ1n) is 11.0. The number of benzene rings is 2. The number of hydrogen-bond donors (Lipinski definition) is 2. The Morgan fingerprint density at radius 2 is 1.23 bits per heavy atom. The van der Waals surface area contributed by atoms with Crippen molar-refractivity contribution in [3.63, 3.8) is 0 Å². The number of nitrogens with one attached hydrogen (secondary N) is 2. The molecule has 31 heavy (non-hydrogen) atoms. The molecule has 0 spiro atoms. The Morgan fingerprint density at radius 1 is 0.806 bits per heavy atom. The first-order valence-corrected chi connectivity index (χ1v) is 13.8. The Hall–Kier alpha value is -2.39. The van der Waals surface area contributed by atoms with Gasteiger partial charge in [-0.15, -0.1) is 0 Å². The van der Waals surface area contributed by atoms with Crippen LogP contribution in [-0.2, 0) is 9.59 Å². The van der Waals surface area contributed by atoms with Crippen LogP contribution in [0.25, 0.3) is 0 Å². The van der Waals surface area contributed by atoms with Crippen LogP contribution in [-0.4, -0.2) is 43.6 Å². The van der Waals surface area contributed by atoms with Crippen LogP contribution < -0.4 is 15.4 Å². The normalized spacial score (nSPS) is 11.7. The van der Waals surface area contributed by atoms with Gasteiger partial charge in [0.2, 0.25) is 0 Å². The molecule has 2 rings (SSSR count). The summed E-state index contributed by atoms with van der Waals surface area (Å²) < 4.78 is 5.31. The summed E-state index contributed by atoms with van der Waals surface area (Å²) in [7, 11) is -0.476. The van der Waals surface area contributed by atoms with E-state index in [9.17, 15) is 9.59 Å². The van der Waals surface area contributed by atoms with Crippen LogP contribution in [0.5, 0.6) is 5.75 Å². The van der Waals surface area contributed by atoms with Crippen molar-refractivity contribution in [1.82, 2.24) is 0 Å². The van der Waals surface area contributed by atoms with Gasteiger partial charge in [0.15, 0.2) is 0 Å². The van der Waals surface area contributed by atoms with Crippen molar-refractivity contribution in [1.29, 1.82) is 0 Å². The van der Waals surface area contributed by atoms with E-state index >= 15 is 0 Å². The van der Waals surface area contributed by atoms with Crippen molar-refractivity contribution < 1.29 is 14.3 Å². The first kappa shape index (κ1) is 24.9. The van der Waals surface area contributed by atoms with E-state index in [1.165, 1.54) is 0 Å². The van der Waals surface area contributed by atoms with Gasteiger partial charge in [-0.3, -0.25) is 0 Å². The summed E-state index contributed by atoms with van der Waals surface area (Å²) in [5.41, 5.74) is 5.77. The number of methoxy groups -OCH3 is 1. The number of aryl methyl sites for hydroxylation is 4. The molecular weight excluding hydrogens is 407 g/mol.